The van der Waals surface area contributed by atoms with Crippen LogP contribution in [0.1, 0.15) is 13.3 Å². The molecule has 1 saturated heterocycles. The van der Waals surface area contributed by atoms with Crippen LogP contribution in [0.5, 0.6) is 0 Å². The van der Waals surface area contributed by atoms with Gasteiger partial charge in [0.2, 0.25) is 0 Å². The van der Waals surface area contributed by atoms with Crippen molar-refractivity contribution in [2.45, 2.75) is 25.6 Å². The Kier molecular flexibility index (Phi) is 3.47. The fourth-order valence-electron chi connectivity index (χ4n) is 1.51. The van der Waals surface area contributed by atoms with Crippen molar-refractivity contribution in [3.63, 3.8) is 0 Å². The predicted octanol–water partition coefficient (Wildman–Crippen LogP) is 0.980. The minimum absolute atomic E-state index is 0.661. The number of hydrogen-bond donors (Lipinski definition) is 0. The van der Waals surface area contributed by atoms with Crippen molar-refractivity contribution in [1.82, 2.24) is 9.80 Å². The molecule has 1 unspecified atom stereocenters. The van der Waals surface area contributed by atoms with Crippen molar-refractivity contribution in [2.75, 3.05) is 33.7 Å². The molecule has 0 N–H and O–H groups in total. The zero-order valence-corrected chi connectivity index (χ0v) is 8.26. The van der Waals surface area contributed by atoms with Gasteiger partial charge < -0.3 is 9.80 Å². The molecule has 1 heterocycles. The van der Waals surface area contributed by atoms with Crippen LogP contribution in [0, 0.1) is 0 Å². The summed E-state index contributed by atoms with van der Waals surface area (Å²) in [7, 11) is 4.20. The molecular weight excluding hydrogens is 155 g/mol. The maximum absolute atomic E-state index is 12.5. The molecule has 3 heteroatoms. The molecule has 72 valence electrons. The lowest BCUT2D eigenvalue weighted by atomic mass is 10.1. The summed E-state index contributed by atoms with van der Waals surface area (Å²) in [5.74, 6) is 0. The SMILES string of the molecule is CC(F)CCN(C)C1CN(C)C1. The maximum Gasteiger partial charge on any atom is 0.0985 e. The second-order valence-electron chi connectivity index (χ2n) is 3.93. The molecule has 0 spiro atoms. The topological polar surface area (TPSA) is 6.48 Å². The highest BCUT2D eigenvalue weighted by Gasteiger charge is 2.26. The normalized spacial score (nSPS) is 22.8. The monoisotopic (exact) mass is 174 g/mol. The standard InChI is InChI=1S/C9H19FN2/c1-8(10)4-5-12(3)9-6-11(2)7-9/h8-9H,4-7H2,1-3H3. The van der Waals surface area contributed by atoms with Crippen LogP contribution in [-0.2, 0) is 0 Å². The lowest BCUT2D eigenvalue weighted by Gasteiger charge is -2.42. The molecule has 1 aliphatic heterocycles. The second-order valence-corrected chi connectivity index (χ2v) is 3.93. The number of alkyl halides is 1. The third-order valence-electron chi connectivity index (χ3n) is 2.55. The number of halogens is 1. The van der Waals surface area contributed by atoms with Gasteiger partial charge in [0.05, 0.1) is 6.17 Å². The molecule has 0 amide bonds. The van der Waals surface area contributed by atoms with E-state index >= 15 is 0 Å². The van der Waals surface area contributed by atoms with Gasteiger partial charge in [-0.15, -0.1) is 0 Å². The van der Waals surface area contributed by atoms with Gasteiger partial charge in [-0.1, -0.05) is 0 Å². The van der Waals surface area contributed by atoms with Crippen LogP contribution < -0.4 is 0 Å². The zero-order chi connectivity index (χ0) is 9.14. The lowest BCUT2D eigenvalue weighted by molar-refractivity contribution is 0.0658. The van der Waals surface area contributed by atoms with Gasteiger partial charge in [0, 0.05) is 25.7 Å². The van der Waals surface area contributed by atoms with Crippen LogP contribution in [0.4, 0.5) is 4.39 Å². The molecule has 12 heavy (non-hydrogen) atoms. The summed E-state index contributed by atoms with van der Waals surface area (Å²) in [6, 6.07) is 0.661. The van der Waals surface area contributed by atoms with E-state index in [2.05, 4.69) is 23.9 Å². The molecule has 0 saturated carbocycles. The molecule has 1 rings (SSSR count). The molecule has 1 fully saturated rings. The van der Waals surface area contributed by atoms with Crippen LogP contribution in [0.25, 0.3) is 0 Å². The van der Waals surface area contributed by atoms with E-state index in [1.54, 1.807) is 6.92 Å². The molecule has 1 atom stereocenters. The molecule has 0 aliphatic carbocycles. The Morgan fingerprint density at radius 3 is 2.58 bits per heavy atom. The lowest BCUT2D eigenvalue weighted by Crippen LogP contribution is -2.56. The van der Waals surface area contributed by atoms with Crippen molar-refractivity contribution in [3.05, 3.63) is 0 Å². The molecule has 1 aliphatic rings. The van der Waals surface area contributed by atoms with E-state index in [1.165, 1.54) is 0 Å². The van der Waals surface area contributed by atoms with E-state index in [0.717, 1.165) is 19.6 Å². The van der Waals surface area contributed by atoms with Gasteiger partial charge in [0.15, 0.2) is 0 Å². The largest absolute Gasteiger partial charge is 0.303 e. The van der Waals surface area contributed by atoms with Gasteiger partial charge in [0.1, 0.15) is 0 Å². The van der Waals surface area contributed by atoms with Crippen LogP contribution in [0.2, 0.25) is 0 Å². The van der Waals surface area contributed by atoms with Crippen LogP contribution in [0.3, 0.4) is 0 Å². The zero-order valence-electron chi connectivity index (χ0n) is 8.26. The first-order valence-corrected chi connectivity index (χ1v) is 4.62. The number of rotatable bonds is 4. The molecular formula is C9H19FN2. The highest BCUT2D eigenvalue weighted by molar-refractivity contribution is 4.84. The Labute approximate surface area is 74.3 Å². The van der Waals surface area contributed by atoms with E-state index in [9.17, 15) is 4.39 Å². The molecule has 0 aromatic heterocycles. The Bertz CT molecular complexity index is 132. The highest BCUT2D eigenvalue weighted by atomic mass is 19.1. The van der Waals surface area contributed by atoms with Gasteiger partial charge in [-0.05, 0) is 27.4 Å². The predicted molar refractivity (Wildman–Crippen MR) is 49.1 cm³/mol. The van der Waals surface area contributed by atoms with E-state index in [0.29, 0.717) is 12.5 Å². The Morgan fingerprint density at radius 2 is 2.17 bits per heavy atom. The quantitative estimate of drug-likeness (QED) is 0.627. The first-order chi connectivity index (χ1) is 5.59. The summed E-state index contributed by atoms with van der Waals surface area (Å²) in [4.78, 5) is 4.54. The van der Waals surface area contributed by atoms with Gasteiger partial charge in [-0.2, -0.15) is 0 Å². The second kappa shape index (κ2) is 4.19. The molecule has 0 bridgehead atoms. The van der Waals surface area contributed by atoms with Crippen molar-refractivity contribution in [2.24, 2.45) is 0 Å². The van der Waals surface area contributed by atoms with Crippen molar-refractivity contribution in [3.8, 4) is 0 Å². The average Bonchev–Trinajstić information content (AvgIpc) is 1.94. The van der Waals surface area contributed by atoms with Gasteiger partial charge in [0.25, 0.3) is 0 Å². The van der Waals surface area contributed by atoms with E-state index < -0.39 is 6.17 Å². The molecule has 0 radical (unpaired) electrons. The maximum atomic E-state index is 12.5. The van der Waals surface area contributed by atoms with Crippen molar-refractivity contribution >= 4 is 0 Å². The Balaban J connectivity index is 2.08. The van der Waals surface area contributed by atoms with E-state index in [-0.39, 0.29) is 0 Å². The molecule has 0 aromatic rings. The first kappa shape index (κ1) is 9.93. The van der Waals surface area contributed by atoms with E-state index in [1.807, 2.05) is 0 Å². The van der Waals surface area contributed by atoms with Crippen molar-refractivity contribution < 1.29 is 4.39 Å². The molecule has 2 nitrogen and oxygen atoms in total. The minimum atomic E-state index is -0.662. The van der Waals surface area contributed by atoms with E-state index in [4.69, 9.17) is 0 Å². The number of likely N-dealkylation sites (tertiary alicyclic amines) is 1. The summed E-state index contributed by atoms with van der Waals surface area (Å²) >= 11 is 0. The number of likely N-dealkylation sites (N-methyl/N-ethyl adjacent to an activating group) is 2. The minimum Gasteiger partial charge on any atom is -0.303 e. The fraction of sp³-hybridized carbons (Fsp3) is 1.00. The third kappa shape index (κ3) is 2.72. The van der Waals surface area contributed by atoms with Crippen LogP contribution >= 0.6 is 0 Å². The van der Waals surface area contributed by atoms with Gasteiger partial charge >= 0.3 is 0 Å². The number of nitrogens with zero attached hydrogens (tertiary/aromatic N) is 2. The number of hydrogen-bond acceptors (Lipinski definition) is 2. The summed E-state index contributed by atoms with van der Waals surface area (Å²) in [5, 5.41) is 0. The molecule has 0 aromatic carbocycles. The fourth-order valence-corrected chi connectivity index (χ4v) is 1.51. The summed E-state index contributed by atoms with van der Waals surface area (Å²) in [6.45, 7) is 4.78. The average molecular weight is 174 g/mol. The first-order valence-electron chi connectivity index (χ1n) is 4.62. The van der Waals surface area contributed by atoms with Crippen molar-refractivity contribution in [1.29, 1.82) is 0 Å². The van der Waals surface area contributed by atoms with Crippen LogP contribution in [-0.4, -0.2) is 55.7 Å². The summed E-state index contributed by atoms with van der Waals surface area (Å²) < 4.78 is 12.5. The highest BCUT2D eigenvalue weighted by Crippen LogP contribution is 2.11. The van der Waals surface area contributed by atoms with Gasteiger partial charge in [-0.3, -0.25) is 0 Å². The summed E-state index contributed by atoms with van der Waals surface area (Å²) in [6.07, 6.45) is 0.00161. The summed E-state index contributed by atoms with van der Waals surface area (Å²) in [5.41, 5.74) is 0. The Morgan fingerprint density at radius 1 is 1.58 bits per heavy atom. The smallest absolute Gasteiger partial charge is 0.0985 e. The Hall–Kier alpha value is -0.150. The van der Waals surface area contributed by atoms with Gasteiger partial charge in [-0.25, -0.2) is 4.39 Å². The third-order valence-corrected chi connectivity index (χ3v) is 2.55. The van der Waals surface area contributed by atoms with Crippen LogP contribution in [0.15, 0.2) is 0 Å².